The molecule has 26 heavy (non-hydrogen) atoms. The van der Waals surface area contributed by atoms with Crippen LogP contribution in [0.2, 0.25) is 7.25 Å². The molecule has 0 amide bonds. The third kappa shape index (κ3) is 24.5. The third-order valence-corrected chi connectivity index (χ3v) is 10.0. The fourth-order valence-corrected chi connectivity index (χ4v) is 8.64. The van der Waals surface area contributed by atoms with Crippen LogP contribution in [-0.2, 0) is 46.5 Å². The fourth-order valence-electron chi connectivity index (χ4n) is 2.03. The largest absolute Gasteiger partial charge is 0.147 e. The molecule has 8 heteroatoms. The molecular weight excluding hydrogens is 611 g/mol. The summed E-state index contributed by atoms with van der Waals surface area (Å²) < 4.78 is 5.71. The summed E-state index contributed by atoms with van der Waals surface area (Å²) in [5, 5.41) is 0. The van der Waals surface area contributed by atoms with Crippen molar-refractivity contribution in [3.05, 3.63) is 43.0 Å². The quantitative estimate of drug-likeness (QED) is 0.262. The molecule has 0 spiro atoms. The van der Waals surface area contributed by atoms with Crippen LogP contribution in [0.4, 0.5) is 0 Å². The Hall–Kier alpha value is 2.47. The first-order chi connectivity index (χ1) is 9.51. The molecular formula is C18H34Cl6Zr2. The van der Waals surface area contributed by atoms with Crippen molar-refractivity contribution >= 4 is 74.4 Å². The van der Waals surface area contributed by atoms with Crippen LogP contribution in [0.3, 0.4) is 0 Å². The summed E-state index contributed by atoms with van der Waals surface area (Å²) in [4.78, 5) is 0. The molecule has 0 aromatic carbocycles. The minimum absolute atomic E-state index is 0. The van der Waals surface area contributed by atoms with Gasteiger partial charge in [0.05, 0.1) is 0 Å². The second-order valence-electron chi connectivity index (χ2n) is 6.30. The number of unbranched alkanes of at least 4 members (excludes halogenated alkanes) is 1. The second-order valence-corrected chi connectivity index (χ2v) is 15.9. The Kier molecular flexibility index (Phi) is 41.7. The Bertz CT molecular complexity index is 412. The zero-order chi connectivity index (χ0) is 14.8. The summed E-state index contributed by atoms with van der Waals surface area (Å²) in [7, 11) is 0. The molecule has 2 aliphatic rings. The number of rotatable bonds is 5. The molecule has 0 aromatic heterocycles. The van der Waals surface area contributed by atoms with E-state index in [2.05, 4.69) is 64.2 Å². The van der Waals surface area contributed by atoms with E-state index in [0.717, 1.165) is 0 Å². The van der Waals surface area contributed by atoms with Crippen molar-refractivity contribution < 1.29 is 46.5 Å². The Morgan fingerprint density at radius 3 is 1.62 bits per heavy atom. The minimum atomic E-state index is -0.247. The van der Waals surface area contributed by atoms with Crippen LogP contribution in [0.15, 0.2) is 43.0 Å². The molecule has 0 saturated carbocycles. The van der Waals surface area contributed by atoms with Crippen LogP contribution in [0.1, 0.15) is 53.4 Å². The zero-order valence-corrected chi connectivity index (χ0v) is 25.8. The maximum atomic E-state index is 2.36. The summed E-state index contributed by atoms with van der Waals surface area (Å²) >= 11 is -0.328. The first kappa shape index (κ1) is 42.5. The Labute approximate surface area is 221 Å². The zero-order valence-electron chi connectivity index (χ0n) is 15.9. The molecule has 0 atom stereocenters. The summed E-state index contributed by atoms with van der Waals surface area (Å²) in [6, 6.07) is 0. The van der Waals surface area contributed by atoms with Crippen LogP contribution >= 0.6 is 74.4 Å². The molecule has 0 bridgehead atoms. The van der Waals surface area contributed by atoms with Crippen molar-refractivity contribution in [1.82, 2.24) is 0 Å². The molecule has 0 saturated heterocycles. The van der Waals surface area contributed by atoms with Crippen molar-refractivity contribution in [2.45, 2.75) is 60.6 Å². The van der Waals surface area contributed by atoms with Gasteiger partial charge in [0.25, 0.3) is 0 Å². The van der Waals surface area contributed by atoms with Gasteiger partial charge in [-0.1, -0.05) is 0 Å². The molecule has 0 unspecified atom stereocenters. The predicted molar refractivity (Wildman–Crippen MR) is 127 cm³/mol. The van der Waals surface area contributed by atoms with Crippen molar-refractivity contribution in [2.75, 3.05) is 0 Å². The average molecular weight is 646 g/mol. The molecule has 0 heterocycles. The molecule has 0 radical (unpaired) electrons. The average Bonchev–Trinajstić information content (AvgIpc) is 3.01. The molecule has 2 rings (SSSR count). The Morgan fingerprint density at radius 2 is 1.27 bits per heavy atom. The topological polar surface area (TPSA) is 0 Å². The van der Waals surface area contributed by atoms with E-state index in [1.807, 2.05) is 0 Å². The maximum Gasteiger partial charge on any atom is -0.147 e. The maximum absolute atomic E-state index is 2.36. The molecule has 0 N–H and O–H groups in total. The van der Waals surface area contributed by atoms with Crippen LogP contribution < -0.4 is 0 Å². The standard InChI is InChI=1S/2C5H5.2C4H9.6ClH.2Zr/c2*1-2-4-5-3-1;1-4(2)3;1-3-4-2;;;;;;;;/h2*1-3H,4H2;1-3H3;1,3-4H2,2H3;6*1H;;. The third-order valence-electron chi connectivity index (χ3n) is 2.96. The number of hydrogen-bond acceptors (Lipinski definition) is 0. The molecule has 156 valence electrons. The van der Waals surface area contributed by atoms with E-state index in [0.29, 0.717) is 3.12 Å². The molecule has 0 nitrogen and oxygen atoms in total. The van der Waals surface area contributed by atoms with Gasteiger partial charge in [0, 0.05) is 0 Å². The van der Waals surface area contributed by atoms with Crippen LogP contribution in [0, 0.1) is 0 Å². The van der Waals surface area contributed by atoms with Gasteiger partial charge in [-0.3, -0.25) is 0 Å². The van der Waals surface area contributed by atoms with Gasteiger partial charge in [0.2, 0.25) is 0 Å². The second kappa shape index (κ2) is 25.5. The number of allylic oxidation sites excluding steroid dienone is 8. The van der Waals surface area contributed by atoms with Crippen LogP contribution in [0.25, 0.3) is 0 Å². The van der Waals surface area contributed by atoms with E-state index in [1.54, 1.807) is 10.7 Å². The SMILES string of the molecule is CCC[CH2][Zr][C]1=CC=CC1.C[C](C)(C)[Zr][C]1=CC=CC1.Cl.Cl.Cl.Cl.Cl.Cl. The predicted octanol–water partition coefficient (Wildman–Crippen LogP) is 8.79. The summed E-state index contributed by atoms with van der Waals surface area (Å²) in [6.07, 6.45) is 19.0. The van der Waals surface area contributed by atoms with Gasteiger partial charge in [-0.15, -0.1) is 74.4 Å². The fraction of sp³-hybridized carbons (Fsp3) is 0.556. The van der Waals surface area contributed by atoms with E-state index < -0.39 is 0 Å². The van der Waals surface area contributed by atoms with Gasteiger partial charge in [-0.2, -0.15) is 0 Å². The molecule has 0 fully saturated rings. The minimum Gasteiger partial charge on any atom is -0.147 e. The summed E-state index contributed by atoms with van der Waals surface area (Å²) in [6.45, 7) is 9.36. The van der Waals surface area contributed by atoms with Gasteiger partial charge < -0.3 is 0 Å². The van der Waals surface area contributed by atoms with Gasteiger partial charge >= 0.3 is 150 Å². The van der Waals surface area contributed by atoms with Gasteiger partial charge in [-0.05, 0) is 0 Å². The molecule has 0 aliphatic heterocycles. The van der Waals surface area contributed by atoms with E-state index in [1.165, 1.54) is 25.7 Å². The van der Waals surface area contributed by atoms with E-state index in [-0.39, 0.29) is 121 Å². The van der Waals surface area contributed by atoms with Crippen molar-refractivity contribution in [2.24, 2.45) is 0 Å². The molecule has 2 aliphatic carbocycles. The smallest absolute Gasteiger partial charge is 0.147 e. The van der Waals surface area contributed by atoms with Crippen molar-refractivity contribution in [3.63, 3.8) is 0 Å². The van der Waals surface area contributed by atoms with Crippen molar-refractivity contribution in [3.8, 4) is 0 Å². The van der Waals surface area contributed by atoms with Crippen molar-refractivity contribution in [1.29, 1.82) is 0 Å². The van der Waals surface area contributed by atoms with Gasteiger partial charge in [0.15, 0.2) is 0 Å². The first-order valence-corrected chi connectivity index (χ1v) is 13.2. The van der Waals surface area contributed by atoms with Crippen LogP contribution in [-0.4, -0.2) is 0 Å². The monoisotopic (exact) mass is 640 g/mol. The van der Waals surface area contributed by atoms with Gasteiger partial charge in [-0.25, -0.2) is 0 Å². The van der Waals surface area contributed by atoms with Crippen LogP contribution in [0.5, 0.6) is 0 Å². The van der Waals surface area contributed by atoms with E-state index in [4.69, 9.17) is 0 Å². The van der Waals surface area contributed by atoms with E-state index >= 15 is 0 Å². The van der Waals surface area contributed by atoms with E-state index in [9.17, 15) is 0 Å². The first-order valence-electron chi connectivity index (χ1n) is 7.74. The van der Waals surface area contributed by atoms with Gasteiger partial charge in [0.1, 0.15) is 0 Å². The molecule has 0 aromatic rings. The Morgan fingerprint density at radius 1 is 0.808 bits per heavy atom. The number of halogens is 6. The summed E-state index contributed by atoms with van der Waals surface area (Å²) in [5.41, 5.74) is 0. The number of hydrogen-bond donors (Lipinski definition) is 0. The Balaban J connectivity index is -0.0000000625. The summed E-state index contributed by atoms with van der Waals surface area (Å²) in [5.74, 6) is 0. The normalized spacial score (nSPS) is 12.6.